The molecular weight excluding hydrogens is 378 g/mol. The SMILES string of the molecule is C[C@]12CCC(=O)N1c1ccccc1C(=O)N2CCC(=O)Nc1ccc2c(c1)CCC2. The van der Waals surface area contributed by atoms with E-state index in [4.69, 9.17) is 0 Å². The van der Waals surface area contributed by atoms with E-state index < -0.39 is 5.66 Å². The summed E-state index contributed by atoms with van der Waals surface area (Å²) in [6.07, 6.45) is 4.48. The molecule has 1 N–H and O–H groups in total. The Morgan fingerprint density at radius 3 is 2.73 bits per heavy atom. The molecular formula is C24H25N3O3. The first-order chi connectivity index (χ1) is 14.5. The van der Waals surface area contributed by atoms with E-state index in [1.54, 1.807) is 21.9 Å². The minimum absolute atomic E-state index is 0.0186. The van der Waals surface area contributed by atoms with Crippen molar-refractivity contribution in [1.82, 2.24) is 4.90 Å². The van der Waals surface area contributed by atoms with Crippen molar-refractivity contribution in [2.75, 3.05) is 16.8 Å². The lowest BCUT2D eigenvalue weighted by molar-refractivity contribution is -0.117. The summed E-state index contributed by atoms with van der Waals surface area (Å²) in [5.41, 5.74) is 3.94. The topological polar surface area (TPSA) is 69.7 Å². The van der Waals surface area contributed by atoms with E-state index in [9.17, 15) is 14.4 Å². The number of hydrogen-bond donors (Lipinski definition) is 1. The molecule has 0 saturated carbocycles. The van der Waals surface area contributed by atoms with E-state index in [1.807, 2.05) is 25.1 Å². The van der Waals surface area contributed by atoms with Gasteiger partial charge in [-0.3, -0.25) is 19.3 Å². The maximum atomic E-state index is 13.2. The van der Waals surface area contributed by atoms with Crippen molar-refractivity contribution in [2.45, 2.75) is 51.1 Å². The first kappa shape index (κ1) is 18.9. The number of anilines is 2. The molecule has 0 unspecified atom stereocenters. The molecule has 1 saturated heterocycles. The van der Waals surface area contributed by atoms with Gasteiger partial charge in [-0.25, -0.2) is 0 Å². The smallest absolute Gasteiger partial charge is 0.257 e. The molecule has 2 aliphatic heterocycles. The van der Waals surface area contributed by atoms with Crippen LogP contribution in [-0.4, -0.2) is 34.8 Å². The maximum Gasteiger partial charge on any atom is 0.257 e. The number of fused-ring (bicyclic) bond motifs is 4. The average Bonchev–Trinajstić information content (AvgIpc) is 3.32. The molecule has 1 atom stereocenters. The Bertz CT molecular complexity index is 1060. The van der Waals surface area contributed by atoms with Crippen molar-refractivity contribution in [2.24, 2.45) is 0 Å². The Labute approximate surface area is 175 Å². The minimum Gasteiger partial charge on any atom is -0.326 e. The molecule has 6 heteroatoms. The summed E-state index contributed by atoms with van der Waals surface area (Å²) in [6.45, 7) is 2.19. The van der Waals surface area contributed by atoms with Gasteiger partial charge < -0.3 is 10.2 Å². The molecule has 0 aromatic heterocycles. The van der Waals surface area contributed by atoms with Crippen molar-refractivity contribution < 1.29 is 14.4 Å². The van der Waals surface area contributed by atoms with Gasteiger partial charge in [0.2, 0.25) is 11.8 Å². The van der Waals surface area contributed by atoms with E-state index in [2.05, 4.69) is 17.4 Å². The lowest BCUT2D eigenvalue weighted by atomic mass is 9.98. The summed E-state index contributed by atoms with van der Waals surface area (Å²) in [4.78, 5) is 41.9. The number of aryl methyl sites for hydroxylation is 2. The lowest BCUT2D eigenvalue weighted by Gasteiger charge is -2.48. The van der Waals surface area contributed by atoms with Crippen molar-refractivity contribution in [1.29, 1.82) is 0 Å². The van der Waals surface area contributed by atoms with E-state index in [-0.39, 0.29) is 30.7 Å². The minimum atomic E-state index is -0.726. The third-order valence-corrected chi connectivity index (χ3v) is 6.69. The first-order valence-corrected chi connectivity index (χ1v) is 10.6. The summed E-state index contributed by atoms with van der Waals surface area (Å²) in [5.74, 6) is -0.228. The maximum absolute atomic E-state index is 13.2. The second-order valence-corrected chi connectivity index (χ2v) is 8.56. The molecule has 2 aromatic rings. The predicted octanol–water partition coefficient (Wildman–Crippen LogP) is 3.50. The number of rotatable bonds is 4. The van der Waals surface area contributed by atoms with E-state index >= 15 is 0 Å². The highest BCUT2D eigenvalue weighted by molar-refractivity contribution is 6.10. The molecule has 0 bridgehead atoms. The molecule has 30 heavy (non-hydrogen) atoms. The van der Waals surface area contributed by atoms with Gasteiger partial charge in [0.1, 0.15) is 5.66 Å². The Balaban J connectivity index is 1.33. The average molecular weight is 403 g/mol. The Morgan fingerprint density at radius 2 is 1.87 bits per heavy atom. The highest BCUT2D eigenvalue weighted by Gasteiger charge is 2.52. The van der Waals surface area contributed by atoms with Crippen LogP contribution in [0.1, 0.15) is 54.1 Å². The molecule has 154 valence electrons. The molecule has 0 radical (unpaired) electrons. The fourth-order valence-electron chi connectivity index (χ4n) is 5.13. The summed E-state index contributed by atoms with van der Waals surface area (Å²) in [6, 6.07) is 13.3. The van der Waals surface area contributed by atoms with Gasteiger partial charge in [0.05, 0.1) is 11.3 Å². The number of nitrogens with zero attached hydrogens (tertiary/aromatic N) is 2. The number of nitrogens with one attached hydrogen (secondary N) is 1. The van der Waals surface area contributed by atoms with Crippen LogP contribution in [0.25, 0.3) is 0 Å². The number of para-hydroxylation sites is 1. The third-order valence-electron chi connectivity index (χ3n) is 6.69. The van der Waals surface area contributed by atoms with Crippen LogP contribution in [0.4, 0.5) is 11.4 Å². The molecule has 0 spiro atoms. The highest BCUT2D eigenvalue weighted by Crippen LogP contribution is 2.44. The predicted molar refractivity (Wildman–Crippen MR) is 114 cm³/mol. The Morgan fingerprint density at radius 1 is 1.07 bits per heavy atom. The van der Waals surface area contributed by atoms with Crippen LogP contribution in [0.2, 0.25) is 0 Å². The van der Waals surface area contributed by atoms with Crippen molar-refractivity contribution in [3.63, 3.8) is 0 Å². The van der Waals surface area contributed by atoms with Gasteiger partial charge in [0.25, 0.3) is 5.91 Å². The van der Waals surface area contributed by atoms with E-state index in [0.29, 0.717) is 24.1 Å². The number of hydrogen-bond acceptors (Lipinski definition) is 3. The van der Waals surface area contributed by atoms with Crippen LogP contribution in [0.15, 0.2) is 42.5 Å². The van der Waals surface area contributed by atoms with Gasteiger partial charge in [-0.15, -0.1) is 0 Å². The first-order valence-electron chi connectivity index (χ1n) is 10.6. The van der Waals surface area contributed by atoms with E-state index in [0.717, 1.165) is 18.5 Å². The van der Waals surface area contributed by atoms with Gasteiger partial charge in [-0.2, -0.15) is 0 Å². The molecule has 3 amide bonds. The van der Waals surface area contributed by atoms with Gasteiger partial charge in [0.15, 0.2) is 0 Å². The fraction of sp³-hybridized carbons (Fsp3) is 0.375. The van der Waals surface area contributed by atoms with Crippen LogP contribution >= 0.6 is 0 Å². The quantitative estimate of drug-likeness (QED) is 0.849. The van der Waals surface area contributed by atoms with Crippen LogP contribution in [0.3, 0.4) is 0 Å². The molecule has 2 heterocycles. The largest absolute Gasteiger partial charge is 0.326 e. The molecule has 2 aromatic carbocycles. The zero-order chi connectivity index (χ0) is 20.9. The van der Waals surface area contributed by atoms with Crippen LogP contribution in [0, 0.1) is 0 Å². The molecule has 1 fully saturated rings. The monoisotopic (exact) mass is 403 g/mol. The normalized spacial score (nSPS) is 22.0. The van der Waals surface area contributed by atoms with Crippen LogP contribution in [-0.2, 0) is 22.4 Å². The summed E-state index contributed by atoms with van der Waals surface area (Å²) < 4.78 is 0. The number of carbonyl (C=O) groups excluding carboxylic acids is 3. The van der Waals surface area contributed by atoms with Gasteiger partial charge >= 0.3 is 0 Å². The zero-order valence-electron chi connectivity index (χ0n) is 17.1. The summed E-state index contributed by atoms with van der Waals surface area (Å²) in [5, 5.41) is 2.97. The number of amides is 3. The highest BCUT2D eigenvalue weighted by atomic mass is 16.2. The van der Waals surface area contributed by atoms with Crippen molar-refractivity contribution in [3.05, 3.63) is 59.2 Å². The fourth-order valence-corrected chi connectivity index (χ4v) is 5.13. The standard InChI is InChI=1S/C24H25N3O3/c1-24-13-11-22(29)27(24)20-8-3-2-7-19(20)23(30)26(24)14-12-21(28)25-18-10-9-16-5-4-6-17(16)15-18/h2-3,7-10,15H,4-6,11-14H2,1H3,(H,25,28)/t24-/m1/s1. The second-order valence-electron chi connectivity index (χ2n) is 8.56. The number of carbonyl (C=O) groups is 3. The lowest BCUT2D eigenvalue weighted by Crippen LogP contribution is -2.62. The number of benzene rings is 2. The Hall–Kier alpha value is -3.15. The van der Waals surface area contributed by atoms with Crippen LogP contribution in [0.5, 0.6) is 0 Å². The molecule has 6 nitrogen and oxygen atoms in total. The van der Waals surface area contributed by atoms with E-state index in [1.165, 1.54) is 17.5 Å². The third kappa shape index (κ3) is 2.90. The summed E-state index contributed by atoms with van der Waals surface area (Å²) in [7, 11) is 0. The molecule has 1 aliphatic carbocycles. The second kappa shape index (κ2) is 6.97. The van der Waals surface area contributed by atoms with Crippen molar-refractivity contribution >= 4 is 29.1 Å². The molecule has 3 aliphatic rings. The zero-order valence-corrected chi connectivity index (χ0v) is 17.1. The summed E-state index contributed by atoms with van der Waals surface area (Å²) >= 11 is 0. The van der Waals surface area contributed by atoms with Gasteiger partial charge in [-0.1, -0.05) is 18.2 Å². The van der Waals surface area contributed by atoms with Crippen molar-refractivity contribution in [3.8, 4) is 0 Å². The Kier molecular flexibility index (Phi) is 4.38. The van der Waals surface area contributed by atoms with Crippen LogP contribution < -0.4 is 10.2 Å². The van der Waals surface area contributed by atoms with Gasteiger partial charge in [-0.05, 0) is 68.0 Å². The molecule has 5 rings (SSSR count). The van der Waals surface area contributed by atoms with Gasteiger partial charge in [0, 0.05) is 25.1 Å².